The third-order valence-electron chi connectivity index (χ3n) is 4.02. The van der Waals surface area contributed by atoms with Crippen molar-refractivity contribution in [1.29, 1.82) is 0 Å². The van der Waals surface area contributed by atoms with Crippen molar-refractivity contribution in [3.05, 3.63) is 88.9 Å². The molecule has 0 bridgehead atoms. The summed E-state index contributed by atoms with van der Waals surface area (Å²) in [5.74, 6) is -0.367. The van der Waals surface area contributed by atoms with Gasteiger partial charge in [0.05, 0.1) is 17.3 Å². The van der Waals surface area contributed by atoms with E-state index in [0.717, 1.165) is 11.3 Å². The maximum atomic E-state index is 12.3. The lowest BCUT2D eigenvalue weighted by Gasteiger charge is -2.10. The van der Waals surface area contributed by atoms with Crippen LogP contribution in [0.4, 0.5) is 17.1 Å². The lowest BCUT2D eigenvalue weighted by atomic mass is 10.1. The van der Waals surface area contributed by atoms with Crippen LogP contribution < -0.4 is 16.0 Å². The molecule has 0 aliphatic heterocycles. The summed E-state index contributed by atoms with van der Waals surface area (Å²) in [5, 5.41) is 9.13. The van der Waals surface area contributed by atoms with Crippen molar-refractivity contribution in [3.63, 3.8) is 0 Å². The number of amides is 2. The van der Waals surface area contributed by atoms with Gasteiger partial charge in [-0.1, -0.05) is 41.4 Å². The lowest BCUT2D eigenvalue weighted by molar-refractivity contribution is -0.114. The highest BCUT2D eigenvalue weighted by Crippen LogP contribution is 2.20. The minimum Gasteiger partial charge on any atom is -0.376 e. The van der Waals surface area contributed by atoms with Gasteiger partial charge in [-0.25, -0.2) is 0 Å². The molecule has 6 heteroatoms. The fourth-order valence-electron chi connectivity index (χ4n) is 2.60. The molecule has 2 amide bonds. The largest absolute Gasteiger partial charge is 0.376 e. The standard InChI is InChI=1S/C22H20ClN3O2/c1-15-5-4-6-16(13-15)22(28)25-18-11-9-17(10-12-18)24-14-21(27)26-20-8-3-2-7-19(20)23/h2-13,24H,14H2,1H3,(H,25,28)(H,26,27). The average Bonchev–Trinajstić information content (AvgIpc) is 2.69. The first-order chi connectivity index (χ1) is 13.5. The third-order valence-corrected chi connectivity index (χ3v) is 4.35. The van der Waals surface area contributed by atoms with Crippen LogP contribution in [-0.2, 0) is 4.79 Å². The number of rotatable bonds is 6. The maximum Gasteiger partial charge on any atom is 0.255 e. The summed E-state index contributed by atoms with van der Waals surface area (Å²) in [6, 6.07) is 21.6. The van der Waals surface area contributed by atoms with Crippen molar-refractivity contribution in [2.75, 3.05) is 22.5 Å². The van der Waals surface area contributed by atoms with Gasteiger partial charge in [-0.05, 0) is 55.5 Å². The Labute approximate surface area is 168 Å². The molecule has 0 aromatic heterocycles. The van der Waals surface area contributed by atoms with Crippen LogP contribution in [0.25, 0.3) is 0 Å². The van der Waals surface area contributed by atoms with Gasteiger partial charge in [-0.3, -0.25) is 9.59 Å². The number of hydrogen-bond acceptors (Lipinski definition) is 3. The molecule has 0 spiro atoms. The molecule has 0 aliphatic rings. The molecule has 0 fully saturated rings. The van der Waals surface area contributed by atoms with Gasteiger partial charge in [0.1, 0.15) is 0 Å². The predicted octanol–water partition coefficient (Wildman–Crippen LogP) is 4.95. The Morgan fingerprint density at radius 1 is 0.857 bits per heavy atom. The highest BCUT2D eigenvalue weighted by molar-refractivity contribution is 6.33. The van der Waals surface area contributed by atoms with E-state index in [1.807, 2.05) is 25.1 Å². The summed E-state index contributed by atoms with van der Waals surface area (Å²) in [6.07, 6.45) is 0. The van der Waals surface area contributed by atoms with Crippen LogP contribution in [-0.4, -0.2) is 18.4 Å². The number of para-hydroxylation sites is 1. The number of aryl methyl sites for hydroxylation is 1. The normalized spacial score (nSPS) is 10.2. The Morgan fingerprint density at radius 2 is 1.57 bits per heavy atom. The number of nitrogens with one attached hydrogen (secondary N) is 3. The van der Waals surface area contributed by atoms with Gasteiger partial charge >= 0.3 is 0 Å². The molecule has 0 saturated heterocycles. The van der Waals surface area contributed by atoms with E-state index in [1.54, 1.807) is 54.6 Å². The Hall–Kier alpha value is -3.31. The van der Waals surface area contributed by atoms with Crippen molar-refractivity contribution < 1.29 is 9.59 Å². The minimum absolute atomic E-state index is 0.0974. The molecule has 0 atom stereocenters. The van der Waals surface area contributed by atoms with E-state index in [1.165, 1.54) is 0 Å². The zero-order valence-corrected chi connectivity index (χ0v) is 16.1. The summed E-state index contributed by atoms with van der Waals surface area (Å²) >= 11 is 6.03. The minimum atomic E-state index is -0.204. The van der Waals surface area contributed by atoms with Crippen LogP contribution in [0.3, 0.4) is 0 Å². The third kappa shape index (κ3) is 5.34. The molecule has 28 heavy (non-hydrogen) atoms. The van der Waals surface area contributed by atoms with Gasteiger partial charge < -0.3 is 16.0 Å². The van der Waals surface area contributed by atoms with Crippen LogP contribution in [0, 0.1) is 6.92 Å². The number of hydrogen-bond donors (Lipinski definition) is 3. The second-order valence-corrected chi connectivity index (χ2v) is 6.69. The molecule has 3 N–H and O–H groups in total. The Bertz CT molecular complexity index is 987. The van der Waals surface area contributed by atoms with Crippen LogP contribution >= 0.6 is 11.6 Å². The van der Waals surface area contributed by atoms with Crippen molar-refractivity contribution in [3.8, 4) is 0 Å². The molecule has 0 aliphatic carbocycles. The SMILES string of the molecule is Cc1cccc(C(=O)Nc2ccc(NCC(=O)Nc3ccccc3Cl)cc2)c1. The summed E-state index contributed by atoms with van der Waals surface area (Å²) in [5.41, 5.74) is 3.66. The van der Waals surface area contributed by atoms with Crippen molar-refractivity contribution in [2.24, 2.45) is 0 Å². The number of carbonyl (C=O) groups excluding carboxylic acids is 2. The number of carbonyl (C=O) groups is 2. The van der Waals surface area contributed by atoms with Gasteiger partial charge in [-0.2, -0.15) is 0 Å². The molecule has 3 rings (SSSR count). The summed E-state index contributed by atoms with van der Waals surface area (Å²) in [4.78, 5) is 24.3. The zero-order valence-electron chi connectivity index (χ0n) is 15.3. The number of halogens is 1. The van der Waals surface area contributed by atoms with Crippen LogP contribution in [0.1, 0.15) is 15.9 Å². The van der Waals surface area contributed by atoms with E-state index < -0.39 is 0 Å². The molecule has 0 radical (unpaired) electrons. The molecular formula is C22H20ClN3O2. The second-order valence-electron chi connectivity index (χ2n) is 6.28. The number of benzene rings is 3. The van der Waals surface area contributed by atoms with E-state index in [0.29, 0.717) is 22.0 Å². The predicted molar refractivity (Wildman–Crippen MR) is 114 cm³/mol. The van der Waals surface area contributed by atoms with Crippen LogP contribution in [0.15, 0.2) is 72.8 Å². The van der Waals surface area contributed by atoms with E-state index in [2.05, 4.69) is 16.0 Å². The molecule has 3 aromatic carbocycles. The molecule has 0 unspecified atom stereocenters. The maximum absolute atomic E-state index is 12.3. The summed E-state index contributed by atoms with van der Waals surface area (Å²) in [6.45, 7) is 2.04. The molecule has 5 nitrogen and oxygen atoms in total. The highest BCUT2D eigenvalue weighted by atomic mass is 35.5. The van der Waals surface area contributed by atoms with E-state index in [9.17, 15) is 9.59 Å². The van der Waals surface area contributed by atoms with Crippen molar-refractivity contribution in [1.82, 2.24) is 0 Å². The van der Waals surface area contributed by atoms with Crippen molar-refractivity contribution >= 4 is 40.5 Å². The molecule has 0 saturated carbocycles. The second kappa shape index (κ2) is 9.06. The van der Waals surface area contributed by atoms with Crippen LogP contribution in [0.5, 0.6) is 0 Å². The first-order valence-corrected chi connectivity index (χ1v) is 9.15. The first kappa shape index (κ1) is 19.5. The quantitative estimate of drug-likeness (QED) is 0.554. The van der Waals surface area contributed by atoms with Crippen LogP contribution in [0.2, 0.25) is 5.02 Å². The molecule has 0 heterocycles. The smallest absolute Gasteiger partial charge is 0.255 e. The average molecular weight is 394 g/mol. The summed E-state index contributed by atoms with van der Waals surface area (Å²) in [7, 11) is 0. The fraction of sp³-hybridized carbons (Fsp3) is 0.0909. The van der Waals surface area contributed by atoms with Crippen molar-refractivity contribution in [2.45, 2.75) is 6.92 Å². The Morgan fingerprint density at radius 3 is 2.29 bits per heavy atom. The van der Waals surface area contributed by atoms with Gasteiger partial charge in [0.25, 0.3) is 5.91 Å². The first-order valence-electron chi connectivity index (χ1n) is 8.77. The van der Waals surface area contributed by atoms with E-state index in [4.69, 9.17) is 11.6 Å². The fourth-order valence-corrected chi connectivity index (χ4v) is 2.78. The topological polar surface area (TPSA) is 70.2 Å². The Balaban J connectivity index is 1.52. The number of anilines is 3. The zero-order chi connectivity index (χ0) is 19.9. The highest BCUT2D eigenvalue weighted by Gasteiger charge is 2.07. The van der Waals surface area contributed by atoms with Gasteiger partial charge in [0.2, 0.25) is 5.91 Å². The summed E-state index contributed by atoms with van der Waals surface area (Å²) < 4.78 is 0. The van der Waals surface area contributed by atoms with Gasteiger partial charge in [-0.15, -0.1) is 0 Å². The molecule has 3 aromatic rings. The monoisotopic (exact) mass is 393 g/mol. The van der Waals surface area contributed by atoms with Gasteiger partial charge in [0.15, 0.2) is 0 Å². The van der Waals surface area contributed by atoms with E-state index >= 15 is 0 Å². The van der Waals surface area contributed by atoms with Gasteiger partial charge in [0, 0.05) is 16.9 Å². The van der Waals surface area contributed by atoms with E-state index in [-0.39, 0.29) is 18.4 Å². The molecule has 142 valence electrons. The molecular weight excluding hydrogens is 374 g/mol. The Kier molecular flexibility index (Phi) is 6.29. The lowest BCUT2D eigenvalue weighted by Crippen LogP contribution is -2.21.